The van der Waals surface area contributed by atoms with Gasteiger partial charge in [-0.2, -0.15) is 0 Å². The van der Waals surface area contributed by atoms with Crippen LogP contribution in [0.2, 0.25) is 0 Å². The third kappa shape index (κ3) is 4.80. The zero-order valence-electron chi connectivity index (χ0n) is 17.0. The molecule has 0 bridgehead atoms. The molecule has 0 radical (unpaired) electrons. The van der Waals surface area contributed by atoms with Crippen molar-refractivity contribution < 1.29 is 4.79 Å². The first kappa shape index (κ1) is 20.8. The number of hydrogen-bond donors (Lipinski definition) is 1. The molecule has 0 spiro atoms. The summed E-state index contributed by atoms with van der Waals surface area (Å²) >= 11 is 3.49. The second-order valence-corrected chi connectivity index (χ2v) is 8.46. The molecule has 1 N–H and O–H groups in total. The molecular weight excluding hydrogens is 444 g/mol. The van der Waals surface area contributed by atoms with Crippen molar-refractivity contribution in [3.63, 3.8) is 0 Å². The van der Waals surface area contributed by atoms with Crippen LogP contribution in [0.4, 0.5) is 11.8 Å². The lowest BCUT2D eigenvalue weighted by molar-refractivity contribution is -0.120. The van der Waals surface area contributed by atoms with E-state index in [1.165, 1.54) is 0 Å². The van der Waals surface area contributed by atoms with Crippen molar-refractivity contribution in [2.75, 3.05) is 28.6 Å². The number of imidazole rings is 1. The summed E-state index contributed by atoms with van der Waals surface area (Å²) in [7, 11) is 0. The smallest absolute Gasteiger partial charge is 0.231 e. The number of unbranched alkanes of at least 4 members (excludes halogenated alkanes) is 2. The van der Waals surface area contributed by atoms with Crippen molar-refractivity contribution in [1.82, 2.24) is 19.5 Å². The number of nitrogens with one attached hydrogen (secondary N) is 1. The van der Waals surface area contributed by atoms with Crippen LogP contribution in [0.15, 0.2) is 42.9 Å². The number of rotatable bonds is 8. The van der Waals surface area contributed by atoms with E-state index in [4.69, 9.17) is 4.98 Å². The number of benzene rings is 1. The third-order valence-electron chi connectivity index (χ3n) is 5.57. The second kappa shape index (κ2) is 10.0. The van der Waals surface area contributed by atoms with Gasteiger partial charge < -0.3 is 9.47 Å². The molecule has 1 amide bonds. The Bertz CT molecular complexity index is 976. The maximum Gasteiger partial charge on any atom is 0.231 e. The quantitative estimate of drug-likeness (QED) is 0.393. The Morgan fingerprint density at radius 3 is 2.93 bits per heavy atom. The number of fused-ring (bicyclic) bond motifs is 1. The highest BCUT2D eigenvalue weighted by Crippen LogP contribution is 2.24. The molecule has 7 nitrogen and oxygen atoms in total. The van der Waals surface area contributed by atoms with Crippen molar-refractivity contribution >= 4 is 44.6 Å². The number of aryl methyl sites for hydroxylation is 1. The Kier molecular flexibility index (Phi) is 6.94. The van der Waals surface area contributed by atoms with Gasteiger partial charge in [0.2, 0.25) is 11.9 Å². The number of hydrogen-bond acceptors (Lipinski definition) is 5. The van der Waals surface area contributed by atoms with Gasteiger partial charge in [0.15, 0.2) is 0 Å². The molecule has 2 aromatic heterocycles. The Morgan fingerprint density at radius 2 is 2.10 bits per heavy atom. The molecule has 3 aromatic rings. The number of halogens is 1. The van der Waals surface area contributed by atoms with Gasteiger partial charge in [-0.1, -0.05) is 34.5 Å². The lowest BCUT2D eigenvalue weighted by Crippen LogP contribution is -2.41. The van der Waals surface area contributed by atoms with E-state index in [9.17, 15) is 4.79 Å². The third-order valence-corrected chi connectivity index (χ3v) is 6.13. The first-order chi connectivity index (χ1) is 14.8. The van der Waals surface area contributed by atoms with Gasteiger partial charge in [-0.05, 0) is 37.8 Å². The highest BCUT2D eigenvalue weighted by Gasteiger charge is 2.27. The van der Waals surface area contributed by atoms with E-state index in [-0.39, 0.29) is 11.8 Å². The van der Waals surface area contributed by atoms with Gasteiger partial charge >= 0.3 is 0 Å². The first-order valence-corrected chi connectivity index (χ1v) is 11.7. The van der Waals surface area contributed by atoms with E-state index in [2.05, 4.69) is 46.7 Å². The van der Waals surface area contributed by atoms with E-state index >= 15 is 0 Å². The van der Waals surface area contributed by atoms with Crippen LogP contribution in [-0.2, 0) is 11.3 Å². The molecular formula is C22H27BrN6O. The van der Waals surface area contributed by atoms with Crippen LogP contribution in [0.1, 0.15) is 32.1 Å². The fourth-order valence-corrected chi connectivity index (χ4v) is 4.40. The van der Waals surface area contributed by atoms with Gasteiger partial charge in [0.1, 0.15) is 5.82 Å². The van der Waals surface area contributed by atoms with Crippen LogP contribution in [-0.4, -0.2) is 43.8 Å². The minimum absolute atomic E-state index is 0.0283. The van der Waals surface area contributed by atoms with Crippen LogP contribution in [0, 0.1) is 5.92 Å². The average molecular weight is 471 g/mol. The van der Waals surface area contributed by atoms with Crippen LogP contribution in [0.3, 0.4) is 0 Å². The van der Waals surface area contributed by atoms with Crippen LogP contribution in [0.5, 0.6) is 0 Å². The second-order valence-electron chi connectivity index (χ2n) is 7.66. The molecule has 1 fully saturated rings. The Balaban J connectivity index is 1.48. The van der Waals surface area contributed by atoms with E-state index in [0.29, 0.717) is 12.5 Å². The van der Waals surface area contributed by atoms with E-state index < -0.39 is 0 Å². The van der Waals surface area contributed by atoms with Crippen LogP contribution < -0.4 is 10.2 Å². The summed E-state index contributed by atoms with van der Waals surface area (Å²) in [4.78, 5) is 28.5. The number of aromatic nitrogens is 4. The van der Waals surface area contributed by atoms with Gasteiger partial charge in [0, 0.05) is 37.4 Å². The number of carbonyl (C=O) groups is 1. The fourth-order valence-electron chi connectivity index (χ4n) is 4.00. The molecule has 1 unspecified atom stereocenters. The maximum absolute atomic E-state index is 13.1. The maximum atomic E-state index is 13.1. The summed E-state index contributed by atoms with van der Waals surface area (Å²) in [6, 6.07) is 8.07. The van der Waals surface area contributed by atoms with Gasteiger partial charge in [-0.25, -0.2) is 9.97 Å². The number of anilines is 2. The molecule has 1 saturated heterocycles. The molecule has 1 aliphatic heterocycles. The number of alkyl halides is 1. The van der Waals surface area contributed by atoms with Crippen molar-refractivity contribution in [3.8, 4) is 0 Å². The van der Waals surface area contributed by atoms with Crippen molar-refractivity contribution in [1.29, 1.82) is 0 Å². The molecule has 1 atom stereocenters. The predicted octanol–water partition coefficient (Wildman–Crippen LogP) is 4.25. The van der Waals surface area contributed by atoms with Crippen molar-refractivity contribution in [2.24, 2.45) is 5.92 Å². The van der Waals surface area contributed by atoms with Gasteiger partial charge in [-0.3, -0.25) is 15.1 Å². The average Bonchev–Trinajstić information content (AvgIpc) is 3.14. The SMILES string of the molecule is O=C(Nc1nc2ccccc2n1CCCCCBr)C1CCCN(c2cnccn2)C1. The minimum atomic E-state index is -0.0950. The molecule has 0 saturated carbocycles. The summed E-state index contributed by atoms with van der Waals surface area (Å²) in [5.41, 5.74) is 1.98. The zero-order valence-corrected chi connectivity index (χ0v) is 18.6. The summed E-state index contributed by atoms with van der Waals surface area (Å²) in [5.74, 6) is 1.41. The molecule has 30 heavy (non-hydrogen) atoms. The Hall–Kier alpha value is -2.48. The van der Waals surface area contributed by atoms with E-state index in [1.807, 2.05) is 18.2 Å². The number of carbonyl (C=O) groups excluding carboxylic acids is 1. The molecule has 4 rings (SSSR count). The zero-order chi connectivity index (χ0) is 20.8. The van der Waals surface area contributed by atoms with Crippen LogP contribution >= 0.6 is 15.9 Å². The molecule has 1 aliphatic rings. The van der Waals surface area contributed by atoms with Crippen molar-refractivity contribution in [3.05, 3.63) is 42.9 Å². The monoisotopic (exact) mass is 470 g/mol. The standard InChI is InChI=1S/C22H27BrN6O/c23-10-4-1-5-14-29-19-9-3-2-8-18(19)26-22(29)27-21(30)17-7-6-13-28(16-17)20-15-24-11-12-25-20/h2-3,8-9,11-12,15,17H,1,4-7,10,13-14,16H2,(H,26,27,30). The molecule has 3 heterocycles. The van der Waals surface area contributed by atoms with E-state index in [1.54, 1.807) is 18.6 Å². The topological polar surface area (TPSA) is 75.9 Å². The highest BCUT2D eigenvalue weighted by atomic mass is 79.9. The Labute approximate surface area is 185 Å². The normalized spacial score (nSPS) is 16.7. The fraction of sp³-hybridized carbons (Fsp3) is 0.455. The highest BCUT2D eigenvalue weighted by molar-refractivity contribution is 9.09. The largest absolute Gasteiger partial charge is 0.355 e. The summed E-state index contributed by atoms with van der Waals surface area (Å²) in [6.07, 6.45) is 10.3. The summed E-state index contributed by atoms with van der Waals surface area (Å²) in [6.45, 7) is 2.39. The molecule has 1 aromatic carbocycles. The summed E-state index contributed by atoms with van der Waals surface area (Å²) in [5, 5.41) is 4.14. The predicted molar refractivity (Wildman–Crippen MR) is 123 cm³/mol. The van der Waals surface area contributed by atoms with Crippen LogP contribution in [0.25, 0.3) is 11.0 Å². The number of para-hydroxylation sites is 2. The molecule has 0 aliphatic carbocycles. The van der Waals surface area contributed by atoms with Crippen molar-refractivity contribution in [2.45, 2.75) is 38.6 Å². The lowest BCUT2D eigenvalue weighted by atomic mass is 9.97. The lowest BCUT2D eigenvalue weighted by Gasteiger charge is -2.32. The van der Waals surface area contributed by atoms with Gasteiger partial charge in [0.25, 0.3) is 0 Å². The minimum Gasteiger partial charge on any atom is -0.355 e. The number of piperidine rings is 1. The Morgan fingerprint density at radius 1 is 1.20 bits per heavy atom. The summed E-state index contributed by atoms with van der Waals surface area (Å²) < 4.78 is 2.14. The van der Waals surface area contributed by atoms with Gasteiger partial charge in [-0.15, -0.1) is 0 Å². The molecule has 8 heteroatoms. The number of nitrogens with zero attached hydrogens (tertiary/aromatic N) is 5. The number of amides is 1. The first-order valence-electron chi connectivity index (χ1n) is 10.6. The van der Waals surface area contributed by atoms with E-state index in [0.717, 1.165) is 67.4 Å². The molecule has 158 valence electrons. The van der Waals surface area contributed by atoms with Gasteiger partial charge in [0.05, 0.1) is 23.1 Å².